The van der Waals surface area contributed by atoms with Crippen LogP contribution in [0.2, 0.25) is 0 Å². The van der Waals surface area contributed by atoms with E-state index >= 15 is 0 Å². The van der Waals surface area contributed by atoms with Gasteiger partial charge in [-0.05, 0) is 103 Å². The molecule has 0 aliphatic carbocycles. The lowest BCUT2D eigenvalue weighted by atomic mass is 10.1. The van der Waals surface area contributed by atoms with Crippen LogP contribution >= 0.6 is 0 Å². The summed E-state index contributed by atoms with van der Waals surface area (Å²) in [5.74, 6) is -1.02. The van der Waals surface area contributed by atoms with E-state index in [1.807, 2.05) is 6.08 Å². The molecule has 0 aliphatic heterocycles. The van der Waals surface area contributed by atoms with Gasteiger partial charge in [-0.15, -0.1) is 0 Å². The van der Waals surface area contributed by atoms with Crippen LogP contribution < -0.4 is 0 Å². The molecule has 6 nitrogen and oxygen atoms in total. The predicted octanol–water partition coefficient (Wildman–Crippen LogP) is 16.4. The highest BCUT2D eigenvalue weighted by atomic mass is 16.6. The maximum atomic E-state index is 12.8. The van der Waals surface area contributed by atoms with Gasteiger partial charge in [0, 0.05) is 19.3 Å². The molecule has 0 rings (SSSR count). The molecule has 0 amide bonds. The number of hydrogen-bond acceptors (Lipinski definition) is 6. The molecule has 0 radical (unpaired) electrons. The molecule has 0 spiro atoms. The predicted molar refractivity (Wildman–Crippen MR) is 265 cm³/mol. The zero-order valence-corrected chi connectivity index (χ0v) is 39.8. The van der Waals surface area contributed by atoms with Crippen LogP contribution in [0.25, 0.3) is 0 Å². The molecule has 0 N–H and O–H groups in total. The fourth-order valence-corrected chi connectivity index (χ4v) is 6.35. The van der Waals surface area contributed by atoms with E-state index in [1.165, 1.54) is 44.9 Å². The Balaban J connectivity index is 4.54. The molecule has 0 aliphatic rings. The van der Waals surface area contributed by atoms with Gasteiger partial charge in [0.25, 0.3) is 0 Å². The van der Waals surface area contributed by atoms with Crippen molar-refractivity contribution in [3.8, 4) is 0 Å². The Kier molecular flexibility index (Phi) is 46.6. The number of rotatable bonds is 43. The second kappa shape index (κ2) is 49.7. The first-order chi connectivity index (χ1) is 30.5. The molecule has 1 atom stereocenters. The fourth-order valence-electron chi connectivity index (χ4n) is 6.35. The molecule has 0 saturated heterocycles. The summed E-state index contributed by atoms with van der Waals surface area (Å²) in [4.78, 5) is 37.9. The van der Waals surface area contributed by atoms with E-state index < -0.39 is 6.10 Å². The molecule has 62 heavy (non-hydrogen) atoms. The van der Waals surface area contributed by atoms with Gasteiger partial charge in [-0.2, -0.15) is 0 Å². The Hall–Kier alpha value is -3.93. The zero-order chi connectivity index (χ0) is 45.1. The van der Waals surface area contributed by atoms with Crippen molar-refractivity contribution in [2.45, 2.75) is 213 Å². The first-order valence-corrected chi connectivity index (χ1v) is 24.9. The lowest BCUT2D eigenvalue weighted by Crippen LogP contribution is -2.30. The highest BCUT2D eigenvalue weighted by Crippen LogP contribution is 2.12. The first-order valence-electron chi connectivity index (χ1n) is 24.9. The SMILES string of the molecule is CC\C=C/C=C\C=C/CCCCCCCC(=O)OCC(COC(=O)CCC/C=C\C/C=C\C/C=C\CCCCCCCC)OC(=O)CCCCCC/C=C\C/C=C\C/C=C\CC. The van der Waals surface area contributed by atoms with Crippen molar-refractivity contribution < 1.29 is 28.6 Å². The summed E-state index contributed by atoms with van der Waals surface area (Å²) in [7, 11) is 0. The molecule has 0 aromatic carbocycles. The number of unbranched alkanes of at least 4 members (excludes halogenated alkanes) is 16. The maximum Gasteiger partial charge on any atom is 0.306 e. The van der Waals surface area contributed by atoms with Gasteiger partial charge < -0.3 is 14.2 Å². The fraction of sp³-hybridized carbons (Fsp3) is 0.625. The van der Waals surface area contributed by atoms with Crippen molar-refractivity contribution in [2.24, 2.45) is 0 Å². The summed E-state index contributed by atoms with van der Waals surface area (Å²) >= 11 is 0. The summed E-state index contributed by atoms with van der Waals surface area (Å²) < 4.78 is 16.7. The minimum atomic E-state index is -0.820. The Bertz CT molecular complexity index is 1310. The second-order valence-electron chi connectivity index (χ2n) is 16.0. The van der Waals surface area contributed by atoms with Crippen LogP contribution in [0.1, 0.15) is 207 Å². The number of ether oxygens (including phenoxy) is 3. The number of carbonyl (C=O) groups is 3. The number of hydrogen-bond donors (Lipinski definition) is 0. The molecule has 0 bridgehead atoms. The van der Waals surface area contributed by atoms with E-state index in [4.69, 9.17) is 14.2 Å². The summed E-state index contributed by atoms with van der Waals surface area (Å²) in [6, 6.07) is 0. The Morgan fingerprint density at radius 3 is 1.23 bits per heavy atom. The first kappa shape index (κ1) is 58.1. The van der Waals surface area contributed by atoms with Crippen LogP contribution in [0.3, 0.4) is 0 Å². The maximum absolute atomic E-state index is 12.8. The average molecular weight is 859 g/mol. The van der Waals surface area contributed by atoms with Crippen molar-refractivity contribution in [3.05, 3.63) is 109 Å². The minimum absolute atomic E-state index is 0.116. The van der Waals surface area contributed by atoms with Gasteiger partial charge in [0.05, 0.1) is 0 Å². The second-order valence-corrected chi connectivity index (χ2v) is 16.0. The molecule has 0 aromatic heterocycles. The Morgan fingerprint density at radius 1 is 0.355 bits per heavy atom. The quantitative estimate of drug-likeness (QED) is 0.0200. The molecule has 1 unspecified atom stereocenters. The standard InChI is InChI=1S/C56H90O6/c1-4-7-10-13-16-19-22-25-27-28-29-32-34-37-40-43-46-49-55(58)61-52-53(51-60-54(57)48-45-42-39-36-33-30-24-21-18-15-12-9-6-3)62-56(59)50-47-44-41-38-35-31-26-23-20-17-14-11-8-5-2/h8-9,11-12,15,17-18,20-21,24-27,29,31-32,37,40,53H,4-7,10,13-14,16,19,22-23,28,30,33-36,38-39,41-52H2,1-3H3/b11-8-,12-9-,18-15-,20-17-,24-21-,27-25-,31-26-,32-29-,40-37-. The topological polar surface area (TPSA) is 78.9 Å². The van der Waals surface area contributed by atoms with Crippen LogP contribution in [0.5, 0.6) is 0 Å². The van der Waals surface area contributed by atoms with Crippen molar-refractivity contribution in [3.63, 3.8) is 0 Å². The van der Waals surface area contributed by atoms with Crippen LogP contribution in [0, 0.1) is 0 Å². The third-order valence-corrected chi connectivity index (χ3v) is 10.1. The monoisotopic (exact) mass is 859 g/mol. The summed E-state index contributed by atoms with van der Waals surface area (Å²) in [6.07, 6.45) is 66.5. The molecular formula is C56H90O6. The van der Waals surface area contributed by atoms with Crippen LogP contribution in [-0.4, -0.2) is 37.2 Å². The number of carbonyl (C=O) groups excluding carboxylic acids is 3. The van der Waals surface area contributed by atoms with E-state index in [9.17, 15) is 14.4 Å². The van der Waals surface area contributed by atoms with Gasteiger partial charge in [0.2, 0.25) is 0 Å². The van der Waals surface area contributed by atoms with Crippen molar-refractivity contribution in [1.29, 1.82) is 0 Å². The molecule has 0 fully saturated rings. The van der Waals surface area contributed by atoms with Gasteiger partial charge in [-0.3, -0.25) is 14.4 Å². The van der Waals surface area contributed by atoms with Crippen molar-refractivity contribution in [1.82, 2.24) is 0 Å². The molecule has 0 saturated carbocycles. The molecule has 6 heteroatoms. The van der Waals surface area contributed by atoms with E-state index in [0.29, 0.717) is 12.8 Å². The number of allylic oxidation sites excluding steroid dienone is 18. The zero-order valence-electron chi connectivity index (χ0n) is 39.8. The normalized spacial score (nSPS) is 13.0. The summed E-state index contributed by atoms with van der Waals surface area (Å²) in [5.41, 5.74) is 0. The largest absolute Gasteiger partial charge is 0.462 e. The Morgan fingerprint density at radius 2 is 0.726 bits per heavy atom. The van der Waals surface area contributed by atoms with Gasteiger partial charge in [-0.1, -0.05) is 194 Å². The lowest BCUT2D eigenvalue weighted by molar-refractivity contribution is -0.167. The van der Waals surface area contributed by atoms with Crippen LogP contribution in [-0.2, 0) is 28.6 Å². The average Bonchev–Trinajstić information content (AvgIpc) is 3.27. The van der Waals surface area contributed by atoms with E-state index in [0.717, 1.165) is 116 Å². The Labute approximate surface area is 380 Å². The van der Waals surface area contributed by atoms with Crippen molar-refractivity contribution in [2.75, 3.05) is 13.2 Å². The summed E-state index contributed by atoms with van der Waals surface area (Å²) in [6.45, 7) is 6.28. The molecular weight excluding hydrogens is 769 g/mol. The van der Waals surface area contributed by atoms with Gasteiger partial charge in [0.1, 0.15) is 13.2 Å². The smallest absolute Gasteiger partial charge is 0.306 e. The lowest BCUT2D eigenvalue weighted by Gasteiger charge is -2.18. The third-order valence-electron chi connectivity index (χ3n) is 10.1. The third kappa shape index (κ3) is 47.1. The van der Waals surface area contributed by atoms with Gasteiger partial charge in [0.15, 0.2) is 6.10 Å². The van der Waals surface area contributed by atoms with Gasteiger partial charge >= 0.3 is 17.9 Å². The van der Waals surface area contributed by atoms with Crippen molar-refractivity contribution >= 4 is 17.9 Å². The van der Waals surface area contributed by atoms with Gasteiger partial charge in [-0.25, -0.2) is 0 Å². The van der Waals surface area contributed by atoms with E-state index in [-0.39, 0.29) is 44.0 Å². The highest BCUT2D eigenvalue weighted by Gasteiger charge is 2.19. The van der Waals surface area contributed by atoms with Crippen LogP contribution in [0.4, 0.5) is 0 Å². The minimum Gasteiger partial charge on any atom is -0.462 e. The summed E-state index contributed by atoms with van der Waals surface area (Å²) in [5, 5.41) is 0. The van der Waals surface area contributed by atoms with E-state index in [1.54, 1.807) is 0 Å². The molecule has 0 aromatic rings. The van der Waals surface area contributed by atoms with E-state index in [2.05, 4.69) is 124 Å². The van der Waals surface area contributed by atoms with Crippen LogP contribution in [0.15, 0.2) is 109 Å². The highest BCUT2D eigenvalue weighted by molar-refractivity contribution is 5.71. The molecule has 350 valence electrons. The number of esters is 3. The molecule has 0 heterocycles.